The van der Waals surface area contributed by atoms with Crippen LogP contribution in [0.2, 0.25) is 0 Å². The number of methoxy groups -OCH3 is 1. The summed E-state index contributed by atoms with van der Waals surface area (Å²) in [5, 5.41) is 0. The Bertz CT molecular complexity index is 503. The lowest BCUT2D eigenvalue weighted by Gasteiger charge is -2.13. The minimum Gasteiger partial charge on any atom is -0.493 e. The van der Waals surface area contributed by atoms with Crippen LogP contribution in [-0.4, -0.2) is 31.8 Å². The maximum absolute atomic E-state index is 11.8. The fourth-order valence-corrected chi connectivity index (χ4v) is 2.36. The zero-order valence-electron chi connectivity index (χ0n) is 12.1. The molecule has 0 radical (unpaired) electrons. The highest BCUT2D eigenvalue weighted by Gasteiger charge is 2.59. The van der Waals surface area contributed by atoms with E-state index >= 15 is 0 Å². The van der Waals surface area contributed by atoms with Gasteiger partial charge in [-0.25, -0.2) is 0 Å². The van der Waals surface area contributed by atoms with Crippen molar-refractivity contribution in [2.45, 2.75) is 31.7 Å². The summed E-state index contributed by atoms with van der Waals surface area (Å²) < 4.78 is 15.8. The molecule has 0 amide bonds. The van der Waals surface area contributed by atoms with Crippen LogP contribution in [-0.2, 0) is 9.53 Å². The smallest absolute Gasteiger partial charge is 0.326 e. The first-order chi connectivity index (χ1) is 9.56. The van der Waals surface area contributed by atoms with E-state index in [2.05, 4.69) is 0 Å². The molecule has 2 atom stereocenters. The van der Waals surface area contributed by atoms with Crippen molar-refractivity contribution in [1.29, 1.82) is 0 Å². The molecule has 110 valence electrons. The van der Waals surface area contributed by atoms with Gasteiger partial charge in [0.05, 0.1) is 20.3 Å². The molecule has 1 saturated carbocycles. The molecule has 1 fully saturated rings. The number of carbonyl (C=O) groups excluding carboxylic acids is 1. The van der Waals surface area contributed by atoms with E-state index in [0.29, 0.717) is 31.1 Å². The number of esters is 1. The van der Waals surface area contributed by atoms with Gasteiger partial charge in [-0.2, -0.15) is 0 Å². The molecule has 2 unspecified atom stereocenters. The number of nitrogens with two attached hydrogens (primary N) is 1. The third-order valence-electron chi connectivity index (χ3n) is 3.55. The summed E-state index contributed by atoms with van der Waals surface area (Å²) in [7, 11) is 1.60. The van der Waals surface area contributed by atoms with E-state index in [9.17, 15) is 4.79 Å². The largest absolute Gasteiger partial charge is 0.493 e. The monoisotopic (exact) mass is 279 g/mol. The second-order valence-corrected chi connectivity index (χ2v) is 4.86. The van der Waals surface area contributed by atoms with E-state index in [1.54, 1.807) is 14.0 Å². The first kappa shape index (κ1) is 14.7. The van der Waals surface area contributed by atoms with Crippen molar-refractivity contribution in [3.63, 3.8) is 0 Å². The van der Waals surface area contributed by atoms with E-state index in [1.807, 2.05) is 25.1 Å². The van der Waals surface area contributed by atoms with Crippen LogP contribution < -0.4 is 15.2 Å². The SMILES string of the molecule is CCOC(=O)C1(N)CC1c1ccc(OC)c(OCC)c1. The molecule has 0 aliphatic heterocycles. The first-order valence-electron chi connectivity index (χ1n) is 6.83. The Kier molecular flexibility index (Phi) is 4.18. The van der Waals surface area contributed by atoms with Crippen molar-refractivity contribution in [3.05, 3.63) is 23.8 Å². The maximum Gasteiger partial charge on any atom is 0.326 e. The van der Waals surface area contributed by atoms with Crippen molar-refractivity contribution in [2.75, 3.05) is 20.3 Å². The Morgan fingerprint density at radius 3 is 2.70 bits per heavy atom. The average molecular weight is 279 g/mol. The number of carbonyl (C=O) groups is 1. The van der Waals surface area contributed by atoms with Crippen LogP contribution in [0.1, 0.15) is 31.7 Å². The Labute approximate surface area is 119 Å². The first-order valence-corrected chi connectivity index (χ1v) is 6.83. The number of hydrogen-bond donors (Lipinski definition) is 1. The van der Waals surface area contributed by atoms with Crippen molar-refractivity contribution >= 4 is 5.97 Å². The molecule has 1 aliphatic rings. The zero-order valence-corrected chi connectivity index (χ0v) is 12.1. The molecule has 0 bridgehead atoms. The van der Waals surface area contributed by atoms with Gasteiger partial charge in [-0.15, -0.1) is 0 Å². The third-order valence-corrected chi connectivity index (χ3v) is 3.55. The highest BCUT2D eigenvalue weighted by molar-refractivity contribution is 5.86. The maximum atomic E-state index is 11.8. The molecule has 0 spiro atoms. The molecule has 2 N–H and O–H groups in total. The number of ether oxygens (including phenoxy) is 3. The minimum absolute atomic E-state index is 0.0216. The van der Waals surface area contributed by atoms with Gasteiger partial charge in [0.15, 0.2) is 11.5 Å². The Hall–Kier alpha value is -1.75. The standard InChI is InChI=1S/C15H21NO4/c1-4-19-13-8-10(6-7-12(13)18-3)11-9-15(11,16)14(17)20-5-2/h6-8,11H,4-5,9,16H2,1-3H3. The third kappa shape index (κ3) is 2.58. The van der Waals surface area contributed by atoms with Crippen LogP contribution >= 0.6 is 0 Å². The second-order valence-electron chi connectivity index (χ2n) is 4.86. The van der Waals surface area contributed by atoms with E-state index in [4.69, 9.17) is 19.9 Å². The van der Waals surface area contributed by atoms with Gasteiger partial charge in [-0.3, -0.25) is 4.79 Å². The van der Waals surface area contributed by atoms with Crippen LogP contribution in [0.3, 0.4) is 0 Å². The summed E-state index contributed by atoms with van der Waals surface area (Å²) in [5.74, 6) is 0.992. The van der Waals surface area contributed by atoms with Crippen LogP contribution in [0.25, 0.3) is 0 Å². The molecule has 1 aromatic carbocycles. The minimum atomic E-state index is -0.895. The van der Waals surface area contributed by atoms with Gasteiger partial charge in [0.1, 0.15) is 5.54 Å². The lowest BCUT2D eigenvalue weighted by molar-refractivity contribution is -0.146. The van der Waals surface area contributed by atoms with Crippen LogP contribution in [0, 0.1) is 0 Å². The molecule has 20 heavy (non-hydrogen) atoms. The van der Waals surface area contributed by atoms with Gasteiger partial charge in [-0.1, -0.05) is 6.07 Å². The molecule has 0 aromatic heterocycles. The van der Waals surface area contributed by atoms with Crippen LogP contribution in [0.5, 0.6) is 11.5 Å². The summed E-state index contributed by atoms with van der Waals surface area (Å²) in [6.07, 6.45) is 0.601. The molecular formula is C15H21NO4. The Balaban J connectivity index is 2.19. The fourth-order valence-electron chi connectivity index (χ4n) is 2.36. The van der Waals surface area contributed by atoms with Crippen molar-refractivity contribution in [1.82, 2.24) is 0 Å². The van der Waals surface area contributed by atoms with Crippen LogP contribution in [0.15, 0.2) is 18.2 Å². The molecule has 1 aromatic rings. The van der Waals surface area contributed by atoms with E-state index < -0.39 is 5.54 Å². The topological polar surface area (TPSA) is 70.8 Å². The molecular weight excluding hydrogens is 258 g/mol. The summed E-state index contributed by atoms with van der Waals surface area (Å²) in [6, 6.07) is 5.64. The van der Waals surface area contributed by atoms with E-state index in [1.165, 1.54) is 0 Å². The Morgan fingerprint density at radius 2 is 2.10 bits per heavy atom. The highest BCUT2D eigenvalue weighted by atomic mass is 16.5. The lowest BCUT2D eigenvalue weighted by atomic mass is 10.1. The number of benzene rings is 1. The van der Waals surface area contributed by atoms with Gasteiger partial charge < -0.3 is 19.9 Å². The van der Waals surface area contributed by atoms with Gasteiger partial charge >= 0.3 is 5.97 Å². The molecule has 0 saturated heterocycles. The quantitative estimate of drug-likeness (QED) is 0.805. The molecule has 0 heterocycles. The summed E-state index contributed by atoms with van der Waals surface area (Å²) in [4.78, 5) is 11.8. The van der Waals surface area contributed by atoms with Gasteiger partial charge in [0.25, 0.3) is 0 Å². The lowest BCUT2D eigenvalue weighted by Crippen LogP contribution is -2.36. The predicted molar refractivity (Wildman–Crippen MR) is 75.1 cm³/mol. The number of rotatable bonds is 6. The fraction of sp³-hybridized carbons (Fsp3) is 0.533. The van der Waals surface area contributed by atoms with Crippen molar-refractivity contribution in [2.24, 2.45) is 5.73 Å². The predicted octanol–water partition coefficient (Wildman–Crippen LogP) is 1.84. The zero-order chi connectivity index (χ0) is 14.8. The van der Waals surface area contributed by atoms with Crippen LogP contribution in [0.4, 0.5) is 0 Å². The van der Waals surface area contributed by atoms with E-state index in [-0.39, 0.29) is 11.9 Å². The van der Waals surface area contributed by atoms with Gasteiger partial charge in [0, 0.05) is 5.92 Å². The molecule has 5 heteroatoms. The summed E-state index contributed by atoms with van der Waals surface area (Å²) in [5.41, 5.74) is 6.18. The van der Waals surface area contributed by atoms with Crippen molar-refractivity contribution in [3.8, 4) is 11.5 Å². The summed E-state index contributed by atoms with van der Waals surface area (Å²) >= 11 is 0. The van der Waals surface area contributed by atoms with Gasteiger partial charge in [0.2, 0.25) is 0 Å². The summed E-state index contributed by atoms with van der Waals surface area (Å²) in [6.45, 7) is 4.59. The van der Waals surface area contributed by atoms with Crippen molar-refractivity contribution < 1.29 is 19.0 Å². The second kappa shape index (κ2) is 5.71. The van der Waals surface area contributed by atoms with E-state index in [0.717, 1.165) is 5.56 Å². The van der Waals surface area contributed by atoms with Gasteiger partial charge in [-0.05, 0) is 38.0 Å². The molecule has 1 aliphatic carbocycles. The molecule has 2 rings (SSSR count). The highest BCUT2D eigenvalue weighted by Crippen LogP contribution is 2.51. The Morgan fingerprint density at radius 1 is 1.35 bits per heavy atom. The average Bonchev–Trinajstić information content (AvgIpc) is 3.13. The normalized spacial score (nSPS) is 24.1. The molecule has 5 nitrogen and oxygen atoms in total. The number of hydrogen-bond acceptors (Lipinski definition) is 5.